The quantitative estimate of drug-likeness (QED) is 0.450. The maximum Gasteiger partial charge on any atom is 0.264 e. The smallest absolute Gasteiger partial charge is 0.264 e. The molecular formula is C28H32FN3O4S. The molecule has 3 aromatic rings. The van der Waals surface area contributed by atoms with E-state index in [1.54, 1.807) is 61.5 Å². The minimum atomic E-state index is -4.13. The number of amides is 2. The van der Waals surface area contributed by atoms with E-state index in [1.807, 2.05) is 20.8 Å². The summed E-state index contributed by atoms with van der Waals surface area (Å²) in [7, 11) is -4.13. The first kappa shape index (κ1) is 27.9. The Labute approximate surface area is 218 Å². The van der Waals surface area contributed by atoms with Gasteiger partial charge in [0.1, 0.15) is 18.4 Å². The van der Waals surface area contributed by atoms with Crippen LogP contribution in [0.3, 0.4) is 0 Å². The molecule has 0 aliphatic carbocycles. The van der Waals surface area contributed by atoms with Gasteiger partial charge in [0.2, 0.25) is 11.8 Å². The van der Waals surface area contributed by atoms with Crippen LogP contribution in [0, 0.1) is 5.82 Å². The highest BCUT2D eigenvalue weighted by Gasteiger charge is 2.33. The van der Waals surface area contributed by atoms with Crippen LogP contribution in [-0.2, 0) is 26.2 Å². The Bertz CT molecular complexity index is 1330. The van der Waals surface area contributed by atoms with Crippen LogP contribution in [0.5, 0.6) is 0 Å². The van der Waals surface area contributed by atoms with E-state index in [2.05, 4.69) is 5.32 Å². The van der Waals surface area contributed by atoms with Crippen LogP contribution in [0.25, 0.3) is 0 Å². The lowest BCUT2D eigenvalue weighted by molar-refractivity contribution is -0.140. The Balaban J connectivity index is 2.01. The van der Waals surface area contributed by atoms with Crippen molar-refractivity contribution < 1.29 is 22.4 Å². The number of benzene rings is 3. The van der Waals surface area contributed by atoms with Crippen molar-refractivity contribution >= 4 is 27.5 Å². The number of anilines is 1. The zero-order valence-corrected chi connectivity index (χ0v) is 22.2. The molecule has 1 N–H and O–H groups in total. The fraction of sp³-hybridized carbons (Fsp3) is 0.286. The molecule has 0 saturated carbocycles. The molecule has 0 aliphatic rings. The molecule has 0 heterocycles. The van der Waals surface area contributed by atoms with Crippen molar-refractivity contribution in [2.24, 2.45) is 0 Å². The van der Waals surface area contributed by atoms with Gasteiger partial charge in [0.05, 0.1) is 10.6 Å². The Morgan fingerprint density at radius 2 is 1.43 bits per heavy atom. The number of hydrogen-bond donors (Lipinski definition) is 1. The second-order valence-corrected chi connectivity index (χ2v) is 11.6. The summed E-state index contributed by atoms with van der Waals surface area (Å²) in [5, 5.41) is 2.84. The third kappa shape index (κ3) is 7.16. The molecule has 0 bridgehead atoms. The molecule has 7 nitrogen and oxygen atoms in total. The van der Waals surface area contributed by atoms with Crippen molar-refractivity contribution in [2.45, 2.75) is 50.7 Å². The van der Waals surface area contributed by atoms with Gasteiger partial charge >= 0.3 is 0 Å². The van der Waals surface area contributed by atoms with Gasteiger partial charge in [-0.25, -0.2) is 12.8 Å². The predicted molar refractivity (Wildman–Crippen MR) is 142 cm³/mol. The molecule has 37 heavy (non-hydrogen) atoms. The molecule has 0 radical (unpaired) electrons. The number of carbonyl (C=O) groups is 2. The van der Waals surface area contributed by atoms with E-state index in [0.29, 0.717) is 0 Å². The minimum Gasteiger partial charge on any atom is -0.350 e. The Hall–Kier alpha value is -3.72. The molecule has 0 aromatic heterocycles. The molecule has 0 saturated heterocycles. The molecule has 3 rings (SSSR count). The molecule has 2 amide bonds. The van der Waals surface area contributed by atoms with Crippen molar-refractivity contribution in [3.05, 3.63) is 96.3 Å². The first-order chi connectivity index (χ1) is 17.4. The zero-order chi connectivity index (χ0) is 27.2. The van der Waals surface area contributed by atoms with E-state index >= 15 is 0 Å². The summed E-state index contributed by atoms with van der Waals surface area (Å²) >= 11 is 0. The maximum absolute atomic E-state index is 14.5. The lowest BCUT2D eigenvalue weighted by Crippen LogP contribution is -2.54. The zero-order valence-electron chi connectivity index (χ0n) is 21.4. The average molecular weight is 526 g/mol. The standard InChI is InChI=1S/C28H32FN3O4S/c1-21(27(34)30-28(2,3)4)31(19-22-13-11-12-18-25(22)29)26(33)20-32(23-14-7-5-8-15-23)37(35,36)24-16-9-6-10-17-24/h5-18,21H,19-20H2,1-4H3,(H,30,34)/t21-/m1/s1. The minimum absolute atomic E-state index is 0.0193. The van der Waals surface area contributed by atoms with Gasteiger partial charge in [-0.3, -0.25) is 13.9 Å². The highest BCUT2D eigenvalue weighted by Crippen LogP contribution is 2.24. The fourth-order valence-electron chi connectivity index (χ4n) is 3.71. The molecule has 0 spiro atoms. The monoisotopic (exact) mass is 525 g/mol. The predicted octanol–water partition coefficient (Wildman–Crippen LogP) is 4.35. The normalized spacial score (nSPS) is 12.5. The third-order valence-electron chi connectivity index (χ3n) is 5.62. The second-order valence-electron chi connectivity index (χ2n) is 9.69. The van der Waals surface area contributed by atoms with E-state index < -0.39 is 45.8 Å². The summed E-state index contributed by atoms with van der Waals surface area (Å²) in [6, 6.07) is 21.0. The van der Waals surface area contributed by atoms with Crippen molar-refractivity contribution in [1.82, 2.24) is 10.2 Å². The number of rotatable bonds is 9. The van der Waals surface area contributed by atoms with Gasteiger partial charge in [0.25, 0.3) is 10.0 Å². The van der Waals surface area contributed by atoms with Crippen LogP contribution >= 0.6 is 0 Å². The van der Waals surface area contributed by atoms with Crippen LogP contribution in [-0.4, -0.2) is 43.3 Å². The molecule has 0 fully saturated rings. The second kappa shape index (κ2) is 11.6. The van der Waals surface area contributed by atoms with E-state index in [4.69, 9.17) is 0 Å². The molecule has 196 valence electrons. The van der Waals surface area contributed by atoms with Crippen molar-refractivity contribution in [3.63, 3.8) is 0 Å². The van der Waals surface area contributed by atoms with E-state index in [1.165, 1.54) is 35.2 Å². The van der Waals surface area contributed by atoms with Crippen LogP contribution in [0.15, 0.2) is 89.8 Å². The topological polar surface area (TPSA) is 86.8 Å². The Morgan fingerprint density at radius 3 is 2.00 bits per heavy atom. The number of halogens is 1. The first-order valence-corrected chi connectivity index (χ1v) is 13.3. The molecule has 9 heteroatoms. The SMILES string of the molecule is C[C@H](C(=O)NC(C)(C)C)N(Cc1ccccc1F)C(=O)CN(c1ccccc1)S(=O)(=O)c1ccccc1. The fourth-order valence-corrected chi connectivity index (χ4v) is 5.14. The van der Waals surface area contributed by atoms with Crippen LogP contribution < -0.4 is 9.62 Å². The number of nitrogens with zero attached hydrogens (tertiary/aromatic N) is 2. The Kier molecular flexibility index (Phi) is 8.70. The number of para-hydroxylation sites is 1. The van der Waals surface area contributed by atoms with E-state index in [9.17, 15) is 22.4 Å². The maximum atomic E-state index is 14.5. The lowest BCUT2D eigenvalue weighted by atomic mass is 10.1. The summed E-state index contributed by atoms with van der Waals surface area (Å²) in [5.74, 6) is -1.61. The lowest BCUT2D eigenvalue weighted by Gasteiger charge is -2.33. The highest BCUT2D eigenvalue weighted by atomic mass is 32.2. The average Bonchev–Trinajstić information content (AvgIpc) is 2.86. The number of sulfonamides is 1. The summed E-state index contributed by atoms with van der Waals surface area (Å²) in [6.45, 7) is 6.18. The van der Waals surface area contributed by atoms with Gasteiger partial charge in [0, 0.05) is 17.6 Å². The van der Waals surface area contributed by atoms with Gasteiger partial charge in [-0.15, -0.1) is 0 Å². The van der Waals surface area contributed by atoms with Gasteiger partial charge < -0.3 is 10.2 Å². The van der Waals surface area contributed by atoms with Crippen molar-refractivity contribution in [2.75, 3.05) is 10.8 Å². The number of hydrogen-bond acceptors (Lipinski definition) is 4. The summed E-state index contributed by atoms with van der Waals surface area (Å²) in [6.07, 6.45) is 0. The molecule has 0 aliphatic heterocycles. The van der Waals surface area contributed by atoms with Crippen LogP contribution in [0.4, 0.5) is 10.1 Å². The molecular weight excluding hydrogens is 493 g/mol. The van der Waals surface area contributed by atoms with E-state index in [0.717, 1.165) is 4.31 Å². The number of carbonyl (C=O) groups excluding carboxylic acids is 2. The number of nitrogens with one attached hydrogen (secondary N) is 1. The first-order valence-electron chi connectivity index (χ1n) is 11.9. The van der Waals surface area contributed by atoms with Crippen molar-refractivity contribution in [3.8, 4) is 0 Å². The van der Waals surface area contributed by atoms with Gasteiger partial charge in [-0.1, -0.05) is 54.6 Å². The highest BCUT2D eigenvalue weighted by molar-refractivity contribution is 7.92. The van der Waals surface area contributed by atoms with Crippen LogP contribution in [0.2, 0.25) is 0 Å². The molecule has 3 aromatic carbocycles. The van der Waals surface area contributed by atoms with Gasteiger partial charge in [-0.2, -0.15) is 0 Å². The van der Waals surface area contributed by atoms with Crippen molar-refractivity contribution in [1.29, 1.82) is 0 Å². The summed E-state index contributed by atoms with van der Waals surface area (Å²) in [5.41, 5.74) is -0.0640. The summed E-state index contributed by atoms with van der Waals surface area (Å²) < 4.78 is 42.8. The third-order valence-corrected chi connectivity index (χ3v) is 7.41. The largest absolute Gasteiger partial charge is 0.350 e. The summed E-state index contributed by atoms with van der Waals surface area (Å²) in [4.78, 5) is 28.0. The van der Waals surface area contributed by atoms with Crippen LogP contribution in [0.1, 0.15) is 33.3 Å². The van der Waals surface area contributed by atoms with E-state index in [-0.39, 0.29) is 22.7 Å². The molecule has 0 unspecified atom stereocenters. The Morgan fingerprint density at radius 1 is 0.892 bits per heavy atom. The van der Waals surface area contributed by atoms with Gasteiger partial charge in [0.15, 0.2) is 0 Å². The molecule has 1 atom stereocenters. The van der Waals surface area contributed by atoms with Gasteiger partial charge in [-0.05, 0) is 58.0 Å².